The number of amides is 1. The summed E-state index contributed by atoms with van der Waals surface area (Å²) in [7, 11) is 0. The molecule has 0 fully saturated rings. The van der Waals surface area contributed by atoms with Gasteiger partial charge in [-0.1, -0.05) is 11.6 Å². The molecule has 0 radical (unpaired) electrons. The first kappa shape index (κ1) is 15.6. The van der Waals surface area contributed by atoms with Gasteiger partial charge in [-0.05, 0) is 54.4 Å². The molecule has 7 heteroatoms. The molecule has 110 valence electrons. The number of nitrogens with two attached hydrogens (primary N) is 1. The lowest BCUT2D eigenvalue weighted by molar-refractivity contribution is -0.114. The molecule has 2 aromatic carbocycles. The minimum atomic E-state index is -0.531. The summed E-state index contributed by atoms with van der Waals surface area (Å²) in [5.74, 6) is -0.768. The number of hydrogen-bond donors (Lipinski definition) is 3. The maximum atomic E-state index is 13.2. The number of benzene rings is 2. The highest BCUT2D eigenvalue weighted by atomic mass is 35.5. The van der Waals surface area contributed by atoms with Crippen molar-refractivity contribution in [2.24, 2.45) is 5.14 Å². The second-order valence-electron chi connectivity index (χ2n) is 4.17. The van der Waals surface area contributed by atoms with Crippen molar-refractivity contribution in [1.82, 2.24) is 0 Å². The third kappa shape index (κ3) is 4.63. The monoisotopic (exact) mass is 325 g/mol. The predicted molar refractivity (Wildman–Crippen MR) is 85.0 cm³/mol. The molecule has 0 aliphatic heterocycles. The number of hydrogen-bond acceptors (Lipinski definition) is 4. The topological polar surface area (TPSA) is 67.1 Å². The van der Waals surface area contributed by atoms with Gasteiger partial charge in [-0.3, -0.25) is 9.93 Å². The molecule has 4 nitrogen and oxygen atoms in total. The number of carbonyl (C=O) groups is 1. The van der Waals surface area contributed by atoms with E-state index in [-0.39, 0.29) is 17.5 Å². The van der Waals surface area contributed by atoms with Crippen LogP contribution in [0.2, 0.25) is 5.02 Å². The molecular formula is C14H13ClFN3OS. The van der Waals surface area contributed by atoms with E-state index in [0.29, 0.717) is 11.4 Å². The molecular weight excluding hydrogens is 313 g/mol. The SMILES string of the molecule is NSc1ccc(NC(=O)CNc2ccc(Cl)c(F)c2)cc1. The Morgan fingerprint density at radius 3 is 2.48 bits per heavy atom. The van der Waals surface area contributed by atoms with Crippen molar-refractivity contribution < 1.29 is 9.18 Å². The molecule has 0 aliphatic rings. The number of nitrogens with one attached hydrogen (secondary N) is 2. The van der Waals surface area contributed by atoms with E-state index in [1.807, 2.05) is 12.1 Å². The highest BCUT2D eigenvalue weighted by molar-refractivity contribution is 7.97. The fraction of sp³-hybridized carbons (Fsp3) is 0.0714. The zero-order chi connectivity index (χ0) is 15.2. The molecule has 0 saturated carbocycles. The molecule has 2 rings (SSSR count). The highest BCUT2D eigenvalue weighted by Gasteiger charge is 2.04. The highest BCUT2D eigenvalue weighted by Crippen LogP contribution is 2.19. The van der Waals surface area contributed by atoms with Gasteiger partial charge in [0.25, 0.3) is 0 Å². The molecule has 21 heavy (non-hydrogen) atoms. The normalized spacial score (nSPS) is 10.2. The van der Waals surface area contributed by atoms with Gasteiger partial charge in [0.2, 0.25) is 5.91 Å². The van der Waals surface area contributed by atoms with E-state index < -0.39 is 5.82 Å². The van der Waals surface area contributed by atoms with Gasteiger partial charge in [-0.25, -0.2) is 4.39 Å². The van der Waals surface area contributed by atoms with Gasteiger partial charge in [0.15, 0.2) is 0 Å². The molecule has 0 bridgehead atoms. The molecule has 0 saturated heterocycles. The number of carbonyl (C=O) groups excluding carboxylic acids is 1. The zero-order valence-electron chi connectivity index (χ0n) is 10.9. The first-order valence-electron chi connectivity index (χ1n) is 6.04. The third-order valence-corrected chi connectivity index (χ3v) is 3.50. The van der Waals surface area contributed by atoms with Crippen molar-refractivity contribution in [1.29, 1.82) is 0 Å². The van der Waals surface area contributed by atoms with Crippen LogP contribution in [0.1, 0.15) is 0 Å². The van der Waals surface area contributed by atoms with E-state index in [4.69, 9.17) is 16.7 Å². The lowest BCUT2D eigenvalue weighted by Crippen LogP contribution is -2.21. The molecule has 0 aromatic heterocycles. The van der Waals surface area contributed by atoms with Gasteiger partial charge >= 0.3 is 0 Å². The smallest absolute Gasteiger partial charge is 0.243 e. The summed E-state index contributed by atoms with van der Waals surface area (Å²) in [6, 6.07) is 11.4. The lowest BCUT2D eigenvalue weighted by Gasteiger charge is -2.08. The van der Waals surface area contributed by atoms with Gasteiger partial charge in [-0.15, -0.1) is 0 Å². The van der Waals surface area contributed by atoms with Crippen LogP contribution in [0.5, 0.6) is 0 Å². The lowest BCUT2D eigenvalue weighted by atomic mass is 10.3. The van der Waals surface area contributed by atoms with Crippen molar-refractivity contribution in [3.63, 3.8) is 0 Å². The summed E-state index contributed by atoms with van der Waals surface area (Å²) in [6.07, 6.45) is 0. The maximum Gasteiger partial charge on any atom is 0.243 e. The van der Waals surface area contributed by atoms with Crippen LogP contribution in [0.25, 0.3) is 0 Å². The van der Waals surface area contributed by atoms with Crippen LogP contribution in [0.3, 0.4) is 0 Å². The van der Waals surface area contributed by atoms with E-state index in [1.54, 1.807) is 18.2 Å². The first-order valence-corrected chi connectivity index (χ1v) is 7.30. The van der Waals surface area contributed by atoms with Crippen molar-refractivity contribution in [2.45, 2.75) is 4.90 Å². The van der Waals surface area contributed by atoms with E-state index in [0.717, 1.165) is 16.8 Å². The molecule has 2 aromatic rings. The third-order valence-electron chi connectivity index (χ3n) is 2.65. The van der Waals surface area contributed by atoms with E-state index in [2.05, 4.69) is 10.6 Å². The summed E-state index contributed by atoms with van der Waals surface area (Å²) >= 11 is 6.72. The summed E-state index contributed by atoms with van der Waals surface area (Å²) in [4.78, 5) is 12.7. The summed E-state index contributed by atoms with van der Waals surface area (Å²) in [5.41, 5.74) is 1.16. The van der Waals surface area contributed by atoms with Gasteiger partial charge in [0, 0.05) is 16.3 Å². The molecule has 1 amide bonds. The largest absolute Gasteiger partial charge is 0.376 e. The van der Waals surface area contributed by atoms with Gasteiger partial charge < -0.3 is 10.6 Å². The van der Waals surface area contributed by atoms with Crippen LogP contribution in [0, 0.1) is 5.82 Å². The quantitative estimate of drug-likeness (QED) is 0.736. The van der Waals surface area contributed by atoms with Crippen LogP contribution in [-0.2, 0) is 4.79 Å². The molecule has 0 atom stereocenters. The Hall–Kier alpha value is -1.76. The molecule has 0 unspecified atom stereocenters. The van der Waals surface area contributed by atoms with Crippen LogP contribution in [0.4, 0.5) is 15.8 Å². The minimum absolute atomic E-state index is 0.0223. The minimum Gasteiger partial charge on any atom is -0.376 e. The molecule has 0 aliphatic carbocycles. The van der Waals surface area contributed by atoms with E-state index >= 15 is 0 Å². The Labute approximate surface area is 131 Å². The summed E-state index contributed by atoms with van der Waals surface area (Å²) in [6.45, 7) is 0.0223. The van der Waals surface area contributed by atoms with Gasteiger partial charge in [0.05, 0.1) is 11.6 Å². The van der Waals surface area contributed by atoms with E-state index in [9.17, 15) is 9.18 Å². The van der Waals surface area contributed by atoms with Crippen molar-refractivity contribution in [2.75, 3.05) is 17.2 Å². The predicted octanol–water partition coefficient (Wildman–Crippen LogP) is 3.50. The van der Waals surface area contributed by atoms with Crippen LogP contribution in [0.15, 0.2) is 47.4 Å². The second-order valence-corrected chi connectivity index (χ2v) is 5.29. The second kappa shape index (κ2) is 7.31. The van der Waals surface area contributed by atoms with Crippen LogP contribution >= 0.6 is 23.5 Å². The zero-order valence-corrected chi connectivity index (χ0v) is 12.5. The Morgan fingerprint density at radius 1 is 1.19 bits per heavy atom. The van der Waals surface area contributed by atoms with Crippen molar-refractivity contribution in [3.05, 3.63) is 53.3 Å². The maximum absolute atomic E-state index is 13.2. The summed E-state index contributed by atoms with van der Waals surface area (Å²) < 4.78 is 13.2. The standard InChI is InChI=1S/C14H13ClFN3OS/c15-12-6-3-10(7-13(12)16)18-8-14(20)19-9-1-4-11(21-17)5-2-9/h1-7,18H,8,17H2,(H,19,20). The van der Waals surface area contributed by atoms with Gasteiger partial charge in [-0.2, -0.15) is 0 Å². The molecule has 0 heterocycles. The number of halogens is 2. The Morgan fingerprint density at radius 2 is 1.86 bits per heavy atom. The fourth-order valence-electron chi connectivity index (χ4n) is 1.61. The Kier molecular flexibility index (Phi) is 5.44. The van der Waals surface area contributed by atoms with Crippen molar-refractivity contribution in [3.8, 4) is 0 Å². The average Bonchev–Trinajstić information content (AvgIpc) is 2.49. The fourth-order valence-corrected chi connectivity index (χ4v) is 2.02. The van der Waals surface area contributed by atoms with Gasteiger partial charge in [0.1, 0.15) is 5.82 Å². The Bertz CT molecular complexity index is 637. The molecule has 4 N–H and O–H groups in total. The first-order chi connectivity index (χ1) is 10.1. The number of rotatable bonds is 5. The Balaban J connectivity index is 1.87. The van der Waals surface area contributed by atoms with Crippen LogP contribution in [-0.4, -0.2) is 12.5 Å². The van der Waals surface area contributed by atoms with Crippen LogP contribution < -0.4 is 15.8 Å². The van der Waals surface area contributed by atoms with E-state index in [1.165, 1.54) is 12.1 Å². The average molecular weight is 326 g/mol. The summed E-state index contributed by atoms with van der Waals surface area (Å²) in [5, 5.41) is 11.0. The molecule has 0 spiro atoms. The number of anilines is 2. The van der Waals surface area contributed by atoms with Crippen molar-refractivity contribution >= 4 is 40.8 Å².